The maximum atomic E-state index is 14.2. The lowest BCUT2D eigenvalue weighted by atomic mass is 10.00. The Bertz CT molecular complexity index is 1260. The third kappa shape index (κ3) is 6.14. The van der Waals surface area contributed by atoms with E-state index in [9.17, 15) is 31.5 Å². The summed E-state index contributed by atoms with van der Waals surface area (Å²) < 4.78 is 71.9. The molecule has 0 bridgehead atoms. The fourth-order valence-electron chi connectivity index (χ4n) is 3.27. The molecule has 0 spiro atoms. The first-order valence-corrected chi connectivity index (χ1v) is 10.4. The Balaban J connectivity index is 1.88. The second-order valence-corrected chi connectivity index (χ2v) is 7.55. The quantitative estimate of drug-likeness (QED) is 0.374. The zero-order valence-corrected chi connectivity index (χ0v) is 18.4. The first-order valence-electron chi connectivity index (χ1n) is 10.4. The molecule has 3 aromatic carbocycles. The van der Waals surface area contributed by atoms with Crippen LogP contribution in [0.25, 0.3) is 11.1 Å². The van der Waals surface area contributed by atoms with Crippen molar-refractivity contribution in [3.05, 3.63) is 88.5 Å². The smallest absolute Gasteiger partial charge is 0.416 e. The molecule has 184 valence electrons. The van der Waals surface area contributed by atoms with Gasteiger partial charge in [0.2, 0.25) is 0 Å². The van der Waals surface area contributed by atoms with Crippen molar-refractivity contribution in [3.8, 4) is 16.9 Å². The van der Waals surface area contributed by atoms with E-state index in [2.05, 4.69) is 5.32 Å². The van der Waals surface area contributed by atoms with E-state index < -0.39 is 46.4 Å². The van der Waals surface area contributed by atoms with Gasteiger partial charge in [-0.25, -0.2) is 13.6 Å². The van der Waals surface area contributed by atoms with Crippen LogP contribution in [-0.2, 0) is 12.7 Å². The van der Waals surface area contributed by atoms with Crippen molar-refractivity contribution in [2.75, 3.05) is 6.61 Å². The van der Waals surface area contributed by atoms with E-state index in [1.54, 1.807) is 18.2 Å². The molecule has 0 saturated heterocycles. The van der Waals surface area contributed by atoms with Gasteiger partial charge in [0.1, 0.15) is 17.4 Å². The Hall–Kier alpha value is -3.95. The largest absolute Gasteiger partial charge is 0.493 e. The van der Waals surface area contributed by atoms with Crippen LogP contribution in [0.15, 0.2) is 54.6 Å². The lowest BCUT2D eigenvalue weighted by Gasteiger charge is -2.15. The van der Waals surface area contributed by atoms with Gasteiger partial charge in [0.15, 0.2) is 0 Å². The summed E-state index contributed by atoms with van der Waals surface area (Å²) in [4.78, 5) is 23.7. The SMILES string of the molecule is CCCOc1ccc(-c2ccc(F)c(C(=O)O)c2)cc1CNC(=O)c1ccc(C(F)(F)F)cc1F. The van der Waals surface area contributed by atoms with Crippen LogP contribution in [0.5, 0.6) is 5.75 Å². The lowest BCUT2D eigenvalue weighted by Crippen LogP contribution is -2.24. The minimum Gasteiger partial charge on any atom is -0.493 e. The van der Waals surface area contributed by atoms with Crippen molar-refractivity contribution in [1.82, 2.24) is 5.32 Å². The first-order chi connectivity index (χ1) is 16.5. The highest BCUT2D eigenvalue weighted by molar-refractivity contribution is 5.94. The molecule has 1 amide bonds. The molecule has 3 rings (SSSR count). The number of rotatable bonds is 8. The first kappa shape index (κ1) is 25.7. The minimum absolute atomic E-state index is 0.167. The number of hydrogen-bond donors (Lipinski definition) is 2. The van der Waals surface area contributed by atoms with Gasteiger partial charge in [-0.2, -0.15) is 13.2 Å². The predicted octanol–water partition coefficient (Wildman–Crippen LogP) is 6.07. The molecule has 0 aliphatic carbocycles. The number of hydrogen-bond acceptors (Lipinski definition) is 3. The molecule has 0 aliphatic rings. The summed E-state index contributed by atoms with van der Waals surface area (Å²) in [5, 5.41) is 11.6. The van der Waals surface area contributed by atoms with E-state index in [1.165, 1.54) is 12.1 Å². The number of carbonyl (C=O) groups is 2. The molecule has 0 aliphatic heterocycles. The Morgan fingerprint density at radius 2 is 1.60 bits per heavy atom. The standard InChI is InChI=1S/C25H20F5NO4/c1-2-9-35-22-8-4-14(15-3-7-20(26)19(11-15)24(33)34)10-16(22)13-31-23(32)18-6-5-17(12-21(18)27)25(28,29)30/h3-8,10-12H,2,9,13H2,1H3,(H,31,32)(H,33,34). The van der Waals surface area contributed by atoms with Crippen LogP contribution >= 0.6 is 0 Å². The second-order valence-electron chi connectivity index (χ2n) is 7.55. The average molecular weight is 493 g/mol. The number of carboxylic acid groups (broad SMARTS) is 1. The summed E-state index contributed by atoms with van der Waals surface area (Å²) in [5.41, 5.74) is -0.947. The zero-order valence-electron chi connectivity index (χ0n) is 18.4. The van der Waals surface area contributed by atoms with Gasteiger partial charge >= 0.3 is 12.1 Å². The third-order valence-corrected chi connectivity index (χ3v) is 5.03. The summed E-state index contributed by atoms with van der Waals surface area (Å²) in [6.45, 7) is 2.07. The monoisotopic (exact) mass is 493 g/mol. The molecule has 10 heteroatoms. The number of amides is 1. The van der Waals surface area contributed by atoms with Gasteiger partial charge in [-0.05, 0) is 60.0 Å². The van der Waals surface area contributed by atoms with Crippen molar-refractivity contribution in [2.45, 2.75) is 26.1 Å². The number of alkyl halides is 3. The summed E-state index contributed by atoms with van der Waals surface area (Å²) >= 11 is 0. The van der Waals surface area contributed by atoms with Crippen LogP contribution < -0.4 is 10.1 Å². The molecule has 0 saturated carbocycles. The van der Waals surface area contributed by atoms with Crippen LogP contribution in [0.4, 0.5) is 22.0 Å². The molecule has 0 fully saturated rings. The van der Waals surface area contributed by atoms with Crippen molar-refractivity contribution in [2.24, 2.45) is 0 Å². The summed E-state index contributed by atoms with van der Waals surface area (Å²) in [5.74, 6) is -4.18. The molecule has 3 aromatic rings. The van der Waals surface area contributed by atoms with Crippen LogP contribution in [0.3, 0.4) is 0 Å². The van der Waals surface area contributed by atoms with E-state index in [0.29, 0.717) is 41.5 Å². The number of aromatic carboxylic acids is 1. The molecule has 2 N–H and O–H groups in total. The van der Waals surface area contributed by atoms with Crippen LogP contribution in [0.2, 0.25) is 0 Å². The zero-order chi connectivity index (χ0) is 25.8. The number of carbonyl (C=O) groups excluding carboxylic acids is 1. The van der Waals surface area contributed by atoms with Gasteiger partial charge in [0, 0.05) is 12.1 Å². The summed E-state index contributed by atoms with van der Waals surface area (Å²) in [6, 6.07) is 10.0. The summed E-state index contributed by atoms with van der Waals surface area (Å²) in [7, 11) is 0. The number of carboxylic acids is 1. The molecule has 0 aromatic heterocycles. The Morgan fingerprint density at radius 3 is 2.23 bits per heavy atom. The van der Waals surface area contributed by atoms with E-state index in [4.69, 9.17) is 9.84 Å². The molecule has 0 atom stereocenters. The van der Waals surface area contributed by atoms with Crippen LogP contribution in [0, 0.1) is 11.6 Å². The normalized spacial score (nSPS) is 11.3. The second kappa shape index (κ2) is 10.5. The maximum Gasteiger partial charge on any atom is 0.416 e. The van der Waals surface area contributed by atoms with Gasteiger partial charge in [0.25, 0.3) is 5.91 Å². The van der Waals surface area contributed by atoms with Crippen molar-refractivity contribution < 1.29 is 41.4 Å². The van der Waals surface area contributed by atoms with E-state index >= 15 is 0 Å². The van der Waals surface area contributed by atoms with Crippen LogP contribution in [-0.4, -0.2) is 23.6 Å². The molecular formula is C25H20F5NO4. The highest BCUT2D eigenvalue weighted by Gasteiger charge is 2.31. The molecule has 35 heavy (non-hydrogen) atoms. The topological polar surface area (TPSA) is 75.6 Å². The Labute approximate surface area is 197 Å². The number of halogens is 5. The van der Waals surface area contributed by atoms with Gasteiger partial charge in [-0.3, -0.25) is 4.79 Å². The Kier molecular flexibility index (Phi) is 7.73. The maximum absolute atomic E-state index is 14.2. The fraction of sp³-hybridized carbons (Fsp3) is 0.200. The van der Waals surface area contributed by atoms with Gasteiger partial charge in [0.05, 0.1) is 23.3 Å². The average Bonchev–Trinajstić information content (AvgIpc) is 2.81. The van der Waals surface area contributed by atoms with Gasteiger partial charge < -0.3 is 15.2 Å². The fourth-order valence-corrected chi connectivity index (χ4v) is 3.27. The van der Waals surface area contributed by atoms with Gasteiger partial charge in [-0.1, -0.05) is 19.1 Å². The van der Waals surface area contributed by atoms with E-state index in [0.717, 1.165) is 12.1 Å². The molecule has 5 nitrogen and oxygen atoms in total. The molecular weight excluding hydrogens is 473 g/mol. The molecule has 0 radical (unpaired) electrons. The van der Waals surface area contributed by atoms with E-state index in [1.807, 2.05) is 6.92 Å². The van der Waals surface area contributed by atoms with Crippen molar-refractivity contribution >= 4 is 11.9 Å². The minimum atomic E-state index is -4.75. The highest BCUT2D eigenvalue weighted by atomic mass is 19.4. The van der Waals surface area contributed by atoms with Gasteiger partial charge in [-0.15, -0.1) is 0 Å². The number of ether oxygens (including phenoxy) is 1. The van der Waals surface area contributed by atoms with Crippen molar-refractivity contribution in [3.63, 3.8) is 0 Å². The third-order valence-electron chi connectivity index (χ3n) is 5.03. The molecule has 0 heterocycles. The number of nitrogens with one attached hydrogen (secondary N) is 1. The van der Waals surface area contributed by atoms with Crippen LogP contribution in [0.1, 0.15) is 45.2 Å². The van der Waals surface area contributed by atoms with Crippen molar-refractivity contribution in [1.29, 1.82) is 0 Å². The summed E-state index contributed by atoms with van der Waals surface area (Å²) in [6.07, 6.45) is -4.06. The Morgan fingerprint density at radius 1 is 0.914 bits per heavy atom. The predicted molar refractivity (Wildman–Crippen MR) is 117 cm³/mol. The van der Waals surface area contributed by atoms with E-state index in [-0.39, 0.29) is 12.6 Å². The highest BCUT2D eigenvalue weighted by Crippen LogP contribution is 2.31. The molecule has 0 unspecified atom stereocenters. The number of benzene rings is 3. The lowest BCUT2D eigenvalue weighted by molar-refractivity contribution is -0.137.